The number of aromatic nitrogens is 1. The van der Waals surface area contributed by atoms with E-state index in [1.807, 2.05) is 24.3 Å². The average Bonchev–Trinajstić information content (AvgIpc) is 3.16. The smallest absolute Gasteiger partial charge is 0.407 e. The van der Waals surface area contributed by atoms with Gasteiger partial charge < -0.3 is 10.1 Å². The van der Waals surface area contributed by atoms with Gasteiger partial charge in [-0.2, -0.15) is 0 Å². The van der Waals surface area contributed by atoms with Crippen molar-refractivity contribution in [1.82, 2.24) is 15.0 Å². The molecule has 1 amide bonds. The third-order valence-electron chi connectivity index (χ3n) is 7.99. The minimum atomic E-state index is -3.34. The van der Waals surface area contributed by atoms with Gasteiger partial charge in [0.25, 0.3) is 0 Å². The number of nitrogens with zero attached hydrogens (tertiary/aromatic N) is 1. The number of carbonyl (C=O) groups excluding carboxylic acids is 1. The molecule has 0 bridgehead atoms. The molecule has 36 heavy (non-hydrogen) atoms. The van der Waals surface area contributed by atoms with E-state index in [9.17, 15) is 17.6 Å². The second-order valence-corrected chi connectivity index (χ2v) is 12.0. The number of benzene rings is 1. The minimum Gasteiger partial charge on any atom is -0.450 e. The van der Waals surface area contributed by atoms with Gasteiger partial charge in [0.2, 0.25) is 10.0 Å². The molecule has 192 valence electrons. The third-order valence-corrected chi connectivity index (χ3v) is 9.90. The van der Waals surface area contributed by atoms with Gasteiger partial charge in [-0.25, -0.2) is 22.3 Å². The number of allylic oxidation sites excluding steroid dienone is 1. The number of alkyl carbamates (subject to hydrolysis) is 1. The molecule has 7 nitrogen and oxygen atoms in total. The third kappa shape index (κ3) is 5.18. The summed E-state index contributed by atoms with van der Waals surface area (Å²) in [5.41, 5.74) is 2.38. The summed E-state index contributed by atoms with van der Waals surface area (Å²) in [6.45, 7) is 2.56. The number of carbonyl (C=O) groups is 1. The van der Waals surface area contributed by atoms with Crippen LogP contribution in [-0.2, 0) is 14.8 Å². The van der Waals surface area contributed by atoms with Crippen molar-refractivity contribution < 1.29 is 22.3 Å². The maximum atomic E-state index is 13.6. The van der Waals surface area contributed by atoms with E-state index in [-0.39, 0.29) is 29.6 Å². The number of hydrogen-bond acceptors (Lipinski definition) is 5. The topological polar surface area (TPSA) is 97.4 Å². The molecule has 1 aliphatic heterocycles. The lowest BCUT2D eigenvalue weighted by Gasteiger charge is -2.47. The van der Waals surface area contributed by atoms with Gasteiger partial charge in [0.1, 0.15) is 5.82 Å². The normalized spacial score (nSPS) is 30.9. The Kier molecular flexibility index (Phi) is 7.12. The second-order valence-electron chi connectivity index (χ2n) is 10.0. The number of rotatable bonds is 5. The van der Waals surface area contributed by atoms with Crippen molar-refractivity contribution in [2.75, 3.05) is 13.2 Å². The highest BCUT2D eigenvalue weighted by Gasteiger charge is 2.53. The fraction of sp³-hybridized carbons (Fsp3) is 0.481. The standard InChI is InChI=1S/C27H32FN3O4S/c1-2-35-27(32)31-22-9-10-23-19(13-22)14-26-25(16-30-36(26,33)34)24(23)11-8-21-7-6-18(15-29-21)17-4-3-5-20(28)12-17/h3-8,11-12,15,19,22-26,30H,2,9-10,13-14,16H2,1H3,(H,31,32)/b11-8+/t19-,22-,23+,24-,25+,26-/m0/s1. The van der Waals surface area contributed by atoms with E-state index in [2.05, 4.69) is 21.1 Å². The van der Waals surface area contributed by atoms with Crippen molar-refractivity contribution in [1.29, 1.82) is 0 Å². The number of halogens is 1. The highest BCUT2D eigenvalue weighted by atomic mass is 32.2. The Morgan fingerprint density at radius 2 is 2.06 bits per heavy atom. The summed E-state index contributed by atoms with van der Waals surface area (Å²) in [7, 11) is -3.34. The second kappa shape index (κ2) is 10.3. The molecule has 2 aromatic rings. The molecule has 3 fully saturated rings. The van der Waals surface area contributed by atoms with E-state index in [0.29, 0.717) is 25.5 Å². The monoisotopic (exact) mass is 513 g/mol. The lowest BCUT2D eigenvalue weighted by molar-refractivity contribution is 0.0742. The quantitative estimate of drug-likeness (QED) is 0.619. The van der Waals surface area contributed by atoms with Crippen LogP contribution in [0.3, 0.4) is 0 Å². The largest absolute Gasteiger partial charge is 0.450 e. The maximum Gasteiger partial charge on any atom is 0.407 e. The first kappa shape index (κ1) is 24.9. The summed E-state index contributed by atoms with van der Waals surface area (Å²) in [6.07, 6.45) is 8.59. The zero-order chi connectivity index (χ0) is 25.3. The lowest BCUT2D eigenvalue weighted by atomic mass is 9.60. The fourth-order valence-electron chi connectivity index (χ4n) is 6.36. The molecule has 3 aliphatic rings. The minimum absolute atomic E-state index is 0.000537. The van der Waals surface area contributed by atoms with Crippen LogP contribution in [0.4, 0.5) is 9.18 Å². The number of nitrogens with one attached hydrogen (secondary N) is 2. The van der Waals surface area contributed by atoms with Crippen LogP contribution in [0.5, 0.6) is 0 Å². The number of hydrogen-bond donors (Lipinski definition) is 2. The van der Waals surface area contributed by atoms with Gasteiger partial charge in [0.05, 0.1) is 17.6 Å². The van der Waals surface area contributed by atoms with Crippen molar-refractivity contribution in [2.45, 2.75) is 43.9 Å². The first-order chi connectivity index (χ1) is 17.3. The molecule has 6 atom stereocenters. The van der Waals surface area contributed by atoms with Crippen LogP contribution in [0.15, 0.2) is 48.7 Å². The first-order valence-corrected chi connectivity index (χ1v) is 14.2. The molecule has 2 saturated carbocycles. The van der Waals surface area contributed by atoms with Gasteiger partial charge in [-0.05, 0) is 86.1 Å². The molecule has 1 saturated heterocycles. The summed E-state index contributed by atoms with van der Waals surface area (Å²) in [5.74, 6) is 0.398. The molecule has 5 rings (SSSR count). The zero-order valence-electron chi connectivity index (χ0n) is 20.3. The summed E-state index contributed by atoms with van der Waals surface area (Å²) in [5, 5.41) is 2.53. The summed E-state index contributed by atoms with van der Waals surface area (Å²) >= 11 is 0. The molecule has 0 unspecified atom stereocenters. The number of sulfonamides is 1. The van der Waals surface area contributed by atoms with Gasteiger partial charge in [0, 0.05) is 24.3 Å². The summed E-state index contributed by atoms with van der Waals surface area (Å²) < 4.78 is 46.9. The predicted octanol–water partition coefficient (Wildman–Crippen LogP) is 4.37. The number of amides is 1. The highest BCUT2D eigenvalue weighted by molar-refractivity contribution is 7.90. The zero-order valence-corrected chi connectivity index (χ0v) is 21.1. The molecule has 1 aromatic heterocycles. The Morgan fingerprint density at radius 1 is 1.19 bits per heavy atom. The van der Waals surface area contributed by atoms with E-state index in [0.717, 1.165) is 36.1 Å². The van der Waals surface area contributed by atoms with Gasteiger partial charge >= 0.3 is 6.09 Å². The molecule has 0 spiro atoms. The van der Waals surface area contributed by atoms with Gasteiger partial charge in [-0.15, -0.1) is 0 Å². The predicted molar refractivity (Wildman–Crippen MR) is 136 cm³/mol. The molecular formula is C27H32FN3O4S. The Morgan fingerprint density at radius 3 is 2.81 bits per heavy atom. The number of fused-ring (bicyclic) bond motifs is 2. The van der Waals surface area contributed by atoms with E-state index < -0.39 is 21.4 Å². The van der Waals surface area contributed by atoms with Crippen molar-refractivity contribution >= 4 is 22.2 Å². The SMILES string of the molecule is CCOC(=O)N[C@H]1CC[C@@H]2[C@@H](C1)C[C@H]1[C@H](CNS1(=O)=O)[C@H]2/C=C/c1ccc(-c2cccc(F)c2)cn1. The molecule has 9 heteroatoms. The van der Waals surface area contributed by atoms with Crippen LogP contribution in [-0.4, -0.2) is 43.9 Å². The van der Waals surface area contributed by atoms with Gasteiger partial charge in [0.15, 0.2) is 0 Å². The molecule has 0 radical (unpaired) electrons. The van der Waals surface area contributed by atoms with Gasteiger partial charge in [-0.1, -0.05) is 24.3 Å². The molecule has 2 heterocycles. The molecule has 2 N–H and O–H groups in total. The van der Waals surface area contributed by atoms with Crippen LogP contribution < -0.4 is 10.0 Å². The van der Waals surface area contributed by atoms with Crippen molar-refractivity contribution in [3.8, 4) is 11.1 Å². The van der Waals surface area contributed by atoms with Crippen molar-refractivity contribution in [2.24, 2.45) is 23.7 Å². The maximum absolute atomic E-state index is 13.6. The van der Waals surface area contributed by atoms with Crippen molar-refractivity contribution in [3.63, 3.8) is 0 Å². The fourth-order valence-corrected chi connectivity index (χ4v) is 8.23. The Hall–Kier alpha value is -2.78. The van der Waals surface area contributed by atoms with Crippen molar-refractivity contribution in [3.05, 3.63) is 60.2 Å². The van der Waals surface area contributed by atoms with E-state index in [4.69, 9.17) is 4.74 Å². The Labute approximate surface area is 211 Å². The molecule has 2 aliphatic carbocycles. The number of pyridine rings is 1. The van der Waals surface area contributed by atoms with E-state index in [1.165, 1.54) is 12.1 Å². The first-order valence-electron chi connectivity index (χ1n) is 12.7. The van der Waals surface area contributed by atoms with Crippen LogP contribution >= 0.6 is 0 Å². The van der Waals surface area contributed by atoms with Crippen LogP contribution in [0.25, 0.3) is 17.2 Å². The summed E-state index contributed by atoms with van der Waals surface area (Å²) in [6, 6.07) is 10.2. The summed E-state index contributed by atoms with van der Waals surface area (Å²) in [4.78, 5) is 16.5. The Balaban J connectivity index is 1.34. The lowest BCUT2D eigenvalue weighted by Crippen LogP contribution is -2.49. The van der Waals surface area contributed by atoms with E-state index in [1.54, 1.807) is 19.2 Å². The Bertz CT molecular complexity index is 1230. The van der Waals surface area contributed by atoms with E-state index >= 15 is 0 Å². The van der Waals surface area contributed by atoms with Gasteiger partial charge in [-0.3, -0.25) is 4.98 Å². The number of ether oxygens (including phenoxy) is 1. The molecular weight excluding hydrogens is 481 g/mol. The van der Waals surface area contributed by atoms with Crippen LogP contribution in [0.2, 0.25) is 0 Å². The average molecular weight is 514 g/mol. The van der Waals surface area contributed by atoms with Crippen LogP contribution in [0, 0.1) is 29.5 Å². The molecule has 1 aromatic carbocycles. The van der Waals surface area contributed by atoms with Crippen LogP contribution in [0.1, 0.15) is 38.3 Å². The highest BCUT2D eigenvalue weighted by Crippen LogP contribution is 2.50.